The molecule has 0 aromatic heterocycles. The van der Waals surface area contributed by atoms with Crippen molar-refractivity contribution in [2.45, 2.75) is 51.1 Å². The van der Waals surface area contributed by atoms with E-state index in [1.165, 1.54) is 68.2 Å². The zero-order chi connectivity index (χ0) is 14.5. The second-order valence-corrected chi connectivity index (χ2v) is 7.59. The van der Waals surface area contributed by atoms with Crippen molar-refractivity contribution in [3.63, 3.8) is 0 Å². The van der Waals surface area contributed by atoms with E-state index in [-0.39, 0.29) is 0 Å². The van der Waals surface area contributed by atoms with Gasteiger partial charge in [-0.25, -0.2) is 0 Å². The summed E-state index contributed by atoms with van der Waals surface area (Å²) < 4.78 is 1.19. The van der Waals surface area contributed by atoms with Crippen molar-refractivity contribution < 1.29 is 0 Å². The smallest absolute Gasteiger partial charge is 0.0234 e. The van der Waals surface area contributed by atoms with Crippen molar-refractivity contribution >= 4 is 15.9 Å². The molecule has 1 aromatic rings. The number of rotatable bonds is 3. The van der Waals surface area contributed by atoms with Gasteiger partial charge in [0.05, 0.1) is 0 Å². The maximum Gasteiger partial charge on any atom is 0.0234 e. The van der Waals surface area contributed by atoms with Crippen molar-refractivity contribution in [1.29, 1.82) is 0 Å². The van der Waals surface area contributed by atoms with E-state index in [1.807, 2.05) is 0 Å². The predicted molar refractivity (Wildman–Crippen MR) is 92.4 cm³/mol. The molecular formula is C18H27BrN2. The molecule has 1 aromatic carbocycles. The molecule has 2 aliphatic rings. The number of nitrogens with zero attached hydrogens (tertiary/aromatic N) is 1. The van der Waals surface area contributed by atoms with E-state index in [1.54, 1.807) is 0 Å². The minimum absolute atomic E-state index is 0.708. The molecule has 2 nitrogen and oxygen atoms in total. The van der Waals surface area contributed by atoms with E-state index in [2.05, 4.69) is 50.4 Å². The highest BCUT2D eigenvalue weighted by molar-refractivity contribution is 9.10. The second-order valence-electron chi connectivity index (χ2n) is 6.68. The average Bonchev–Trinajstić information content (AvgIpc) is 2.74. The molecule has 1 aliphatic heterocycles. The van der Waals surface area contributed by atoms with E-state index >= 15 is 0 Å². The van der Waals surface area contributed by atoms with Crippen molar-refractivity contribution in [1.82, 2.24) is 10.2 Å². The van der Waals surface area contributed by atoms with Crippen molar-refractivity contribution in [2.75, 3.05) is 19.6 Å². The molecular weight excluding hydrogens is 324 g/mol. The minimum atomic E-state index is 0.708. The first-order valence-electron chi connectivity index (χ1n) is 8.51. The lowest BCUT2D eigenvalue weighted by Crippen LogP contribution is -2.43. The average molecular weight is 351 g/mol. The third kappa shape index (κ3) is 4.54. The zero-order valence-electron chi connectivity index (χ0n) is 12.9. The fourth-order valence-corrected chi connectivity index (χ4v) is 4.36. The summed E-state index contributed by atoms with van der Waals surface area (Å²) in [7, 11) is 0. The van der Waals surface area contributed by atoms with Crippen molar-refractivity contribution in [2.24, 2.45) is 5.92 Å². The van der Waals surface area contributed by atoms with Gasteiger partial charge < -0.3 is 5.32 Å². The molecule has 3 rings (SSSR count). The van der Waals surface area contributed by atoms with Crippen LogP contribution in [-0.4, -0.2) is 30.6 Å². The van der Waals surface area contributed by atoms with Gasteiger partial charge in [0.15, 0.2) is 0 Å². The highest BCUT2D eigenvalue weighted by Crippen LogP contribution is 2.28. The lowest BCUT2D eigenvalue weighted by molar-refractivity contribution is 0.201. The van der Waals surface area contributed by atoms with Gasteiger partial charge in [-0.05, 0) is 56.0 Å². The molecule has 1 aliphatic carbocycles. The topological polar surface area (TPSA) is 15.3 Å². The zero-order valence-corrected chi connectivity index (χ0v) is 14.4. The Bertz CT molecular complexity index is 443. The summed E-state index contributed by atoms with van der Waals surface area (Å²) in [5.74, 6) is 0.904. The SMILES string of the molecule is Brc1cccc(CN2CCCNC(C3CCCCC3)C2)c1. The Morgan fingerprint density at radius 1 is 1.14 bits per heavy atom. The number of benzene rings is 1. The molecule has 0 bridgehead atoms. The fourth-order valence-electron chi connectivity index (χ4n) is 3.91. The Hall–Kier alpha value is -0.380. The molecule has 1 saturated carbocycles. The Balaban J connectivity index is 1.61. The molecule has 21 heavy (non-hydrogen) atoms. The van der Waals surface area contributed by atoms with Crippen LogP contribution in [0.2, 0.25) is 0 Å². The molecule has 1 N–H and O–H groups in total. The van der Waals surface area contributed by atoms with E-state index < -0.39 is 0 Å². The Labute approximate surface area is 137 Å². The maximum atomic E-state index is 3.83. The first kappa shape index (κ1) is 15.5. The minimum Gasteiger partial charge on any atom is -0.312 e. The summed E-state index contributed by atoms with van der Waals surface area (Å²) in [4.78, 5) is 2.65. The van der Waals surface area contributed by atoms with E-state index in [9.17, 15) is 0 Å². The molecule has 1 saturated heterocycles. The van der Waals surface area contributed by atoms with Crippen LogP contribution < -0.4 is 5.32 Å². The first-order chi connectivity index (χ1) is 10.3. The highest BCUT2D eigenvalue weighted by Gasteiger charge is 2.26. The van der Waals surface area contributed by atoms with Crippen LogP contribution in [0.3, 0.4) is 0 Å². The summed E-state index contributed by atoms with van der Waals surface area (Å²) in [5.41, 5.74) is 1.42. The Morgan fingerprint density at radius 3 is 2.81 bits per heavy atom. The summed E-state index contributed by atoms with van der Waals surface area (Å²) in [5, 5.41) is 3.83. The highest BCUT2D eigenvalue weighted by atomic mass is 79.9. The van der Waals surface area contributed by atoms with Crippen LogP contribution in [0.5, 0.6) is 0 Å². The Morgan fingerprint density at radius 2 is 2.00 bits per heavy atom. The van der Waals surface area contributed by atoms with Gasteiger partial charge in [-0.1, -0.05) is 47.3 Å². The lowest BCUT2D eigenvalue weighted by Gasteiger charge is -2.33. The number of hydrogen-bond donors (Lipinski definition) is 1. The first-order valence-corrected chi connectivity index (χ1v) is 9.31. The largest absolute Gasteiger partial charge is 0.312 e. The lowest BCUT2D eigenvalue weighted by atomic mass is 9.83. The Kier molecular flexibility index (Phi) is 5.73. The number of hydrogen-bond acceptors (Lipinski definition) is 2. The fraction of sp³-hybridized carbons (Fsp3) is 0.667. The van der Waals surface area contributed by atoms with Crippen LogP contribution in [0, 0.1) is 5.92 Å². The standard InChI is InChI=1S/C18H27BrN2/c19-17-9-4-6-15(12-17)13-21-11-5-10-20-18(14-21)16-7-2-1-3-8-16/h4,6,9,12,16,18,20H,1-3,5,7-8,10-11,13-14H2. The molecule has 0 amide bonds. The molecule has 0 radical (unpaired) electrons. The van der Waals surface area contributed by atoms with Gasteiger partial charge in [-0.2, -0.15) is 0 Å². The van der Waals surface area contributed by atoms with Crippen LogP contribution in [0.25, 0.3) is 0 Å². The molecule has 116 valence electrons. The van der Waals surface area contributed by atoms with Gasteiger partial charge >= 0.3 is 0 Å². The van der Waals surface area contributed by atoms with Crippen LogP contribution in [0.15, 0.2) is 28.7 Å². The maximum absolute atomic E-state index is 3.83. The summed E-state index contributed by atoms with van der Waals surface area (Å²) in [6.45, 7) is 4.72. The van der Waals surface area contributed by atoms with E-state index in [4.69, 9.17) is 0 Å². The predicted octanol–water partition coefficient (Wildman–Crippen LogP) is 4.19. The molecule has 1 heterocycles. The third-order valence-electron chi connectivity index (χ3n) is 5.03. The third-order valence-corrected chi connectivity index (χ3v) is 5.52. The summed E-state index contributed by atoms with van der Waals surface area (Å²) >= 11 is 3.59. The van der Waals surface area contributed by atoms with E-state index in [0.717, 1.165) is 12.5 Å². The second kappa shape index (κ2) is 7.75. The van der Waals surface area contributed by atoms with Gasteiger partial charge in [-0.3, -0.25) is 4.90 Å². The molecule has 3 heteroatoms. The molecule has 0 spiro atoms. The number of nitrogens with one attached hydrogen (secondary N) is 1. The molecule has 1 unspecified atom stereocenters. The van der Waals surface area contributed by atoms with Crippen LogP contribution in [0.1, 0.15) is 44.1 Å². The molecule has 1 atom stereocenters. The summed E-state index contributed by atoms with van der Waals surface area (Å²) in [6, 6.07) is 9.47. The van der Waals surface area contributed by atoms with E-state index in [0.29, 0.717) is 6.04 Å². The normalized spacial score (nSPS) is 25.7. The monoisotopic (exact) mass is 350 g/mol. The van der Waals surface area contributed by atoms with Gasteiger partial charge in [0, 0.05) is 23.6 Å². The van der Waals surface area contributed by atoms with Crippen LogP contribution in [0.4, 0.5) is 0 Å². The number of halogens is 1. The molecule has 2 fully saturated rings. The van der Waals surface area contributed by atoms with Gasteiger partial charge in [-0.15, -0.1) is 0 Å². The van der Waals surface area contributed by atoms with Crippen molar-refractivity contribution in [3.8, 4) is 0 Å². The van der Waals surface area contributed by atoms with Gasteiger partial charge in [0.2, 0.25) is 0 Å². The van der Waals surface area contributed by atoms with Crippen LogP contribution >= 0.6 is 15.9 Å². The van der Waals surface area contributed by atoms with Crippen LogP contribution in [-0.2, 0) is 6.54 Å². The quantitative estimate of drug-likeness (QED) is 0.878. The summed E-state index contributed by atoms with van der Waals surface area (Å²) in [6.07, 6.45) is 8.47. The van der Waals surface area contributed by atoms with Gasteiger partial charge in [0.25, 0.3) is 0 Å². The van der Waals surface area contributed by atoms with Gasteiger partial charge in [0.1, 0.15) is 0 Å². The van der Waals surface area contributed by atoms with Crippen molar-refractivity contribution in [3.05, 3.63) is 34.3 Å².